The molecule has 0 spiro atoms. The van der Waals surface area contributed by atoms with Crippen molar-refractivity contribution in [2.45, 2.75) is 38.0 Å². The second kappa shape index (κ2) is 8.83. The van der Waals surface area contributed by atoms with Crippen molar-refractivity contribution in [3.8, 4) is 0 Å². The van der Waals surface area contributed by atoms with Gasteiger partial charge in [-0.1, -0.05) is 18.2 Å². The van der Waals surface area contributed by atoms with Crippen LogP contribution in [0.5, 0.6) is 0 Å². The predicted molar refractivity (Wildman–Crippen MR) is 99.0 cm³/mol. The first kappa shape index (κ1) is 20.7. The molecule has 2 aliphatic heterocycles. The number of hydrogen-bond donors (Lipinski definition) is 1. The highest BCUT2D eigenvalue weighted by molar-refractivity contribution is 8.93. The van der Waals surface area contributed by atoms with E-state index in [0.717, 1.165) is 6.07 Å². The van der Waals surface area contributed by atoms with Gasteiger partial charge in [0.15, 0.2) is 0 Å². The van der Waals surface area contributed by atoms with E-state index in [1.54, 1.807) is 4.68 Å². The van der Waals surface area contributed by atoms with Gasteiger partial charge in [0.1, 0.15) is 29.9 Å². The Kier molecular flexibility index (Phi) is 7.02. The molecule has 4 rings (SSSR count). The third-order valence-corrected chi connectivity index (χ3v) is 4.64. The maximum Gasteiger partial charge on any atom is 0.142 e. The molecule has 2 saturated heterocycles. The van der Waals surface area contributed by atoms with Gasteiger partial charge in [-0.15, -0.1) is 17.0 Å². The number of halogens is 3. The van der Waals surface area contributed by atoms with Crippen LogP contribution < -0.4 is 5.32 Å². The first-order valence-corrected chi connectivity index (χ1v) is 8.45. The lowest BCUT2D eigenvalue weighted by Gasteiger charge is -2.13. The minimum Gasteiger partial charge on any atom is -0.359 e. The zero-order chi connectivity index (χ0) is 17.9. The minimum atomic E-state index is -0.772. The molecule has 2 aromatic rings. The van der Waals surface area contributed by atoms with Crippen LogP contribution in [0.1, 0.15) is 25.3 Å². The highest BCUT2D eigenvalue weighted by Crippen LogP contribution is 2.48. The summed E-state index contributed by atoms with van der Waals surface area (Å²) in [4.78, 5) is 3.83. The summed E-state index contributed by atoms with van der Waals surface area (Å²) in [6.07, 6.45) is 5.28. The molecule has 2 fully saturated rings. The first-order chi connectivity index (χ1) is 12.0. The van der Waals surface area contributed by atoms with Crippen LogP contribution in [0.3, 0.4) is 0 Å². The summed E-state index contributed by atoms with van der Waals surface area (Å²) in [6, 6.07) is 3.52. The summed E-state index contributed by atoms with van der Waals surface area (Å²) in [5.41, 5.74) is 1.01. The summed E-state index contributed by atoms with van der Waals surface area (Å²) < 4.78 is 33.9. The summed E-state index contributed by atoms with van der Waals surface area (Å²) in [5.74, 6) is -1.19. The molecule has 1 aromatic heterocycles. The Morgan fingerprint density at radius 3 is 2.50 bits per heavy atom. The quantitative estimate of drug-likeness (QED) is 0.601. The molecule has 2 atom stereocenters. The van der Waals surface area contributed by atoms with Gasteiger partial charge in [0.25, 0.3) is 0 Å². The fraction of sp³-hybridized carbons (Fsp3) is 0.444. The van der Waals surface area contributed by atoms with Crippen molar-refractivity contribution >= 4 is 17.0 Å². The summed E-state index contributed by atoms with van der Waals surface area (Å²) >= 11 is 0. The Morgan fingerprint density at radius 1 is 1.35 bits per heavy atom. The van der Waals surface area contributed by atoms with Gasteiger partial charge in [0.05, 0.1) is 25.7 Å². The van der Waals surface area contributed by atoms with Crippen molar-refractivity contribution < 1.29 is 18.8 Å². The van der Waals surface area contributed by atoms with Gasteiger partial charge in [-0.25, -0.2) is 18.4 Å². The van der Waals surface area contributed by atoms with Gasteiger partial charge in [0, 0.05) is 24.5 Å². The third kappa shape index (κ3) is 4.75. The average molecular weight is 430 g/mol. The van der Waals surface area contributed by atoms with E-state index in [-0.39, 0.29) is 23.1 Å². The van der Waals surface area contributed by atoms with Crippen LogP contribution in [0, 0.1) is 11.6 Å². The molecule has 2 aliphatic rings. The van der Waals surface area contributed by atoms with Crippen LogP contribution in [-0.4, -0.2) is 34.0 Å². The Morgan fingerprint density at radius 2 is 2.04 bits per heavy atom. The summed E-state index contributed by atoms with van der Waals surface area (Å²) in [5, 5.41) is 6.32. The SMILES string of the molecule is Br.C=C1CC[NH2+]CC1.C[C@H]1O[C@@]1(Cn1cncn1)c1ccc(F)cc1F. The van der Waals surface area contributed by atoms with Crippen molar-refractivity contribution in [2.75, 3.05) is 13.1 Å². The molecule has 26 heavy (non-hydrogen) atoms. The van der Waals surface area contributed by atoms with E-state index >= 15 is 0 Å². The van der Waals surface area contributed by atoms with Gasteiger partial charge in [-0.3, -0.25) is 0 Å². The lowest BCUT2D eigenvalue weighted by Crippen LogP contribution is -2.85. The smallest absolute Gasteiger partial charge is 0.142 e. The average Bonchev–Trinajstić information content (AvgIpc) is 2.97. The highest BCUT2D eigenvalue weighted by Gasteiger charge is 2.56. The van der Waals surface area contributed by atoms with Crippen molar-refractivity contribution in [2.24, 2.45) is 0 Å². The zero-order valence-electron chi connectivity index (χ0n) is 14.7. The van der Waals surface area contributed by atoms with Crippen molar-refractivity contribution in [3.63, 3.8) is 0 Å². The van der Waals surface area contributed by atoms with Crippen molar-refractivity contribution in [1.29, 1.82) is 0 Å². The largest absolute Gasteiger partial charge is 0.359 e. The number of hydrogen-bond acceptors (Lipinski definition) is 3. The molecule has 0 unspecified atom stereocenters. The van der Waals surface area contributed by atoms with Gasteiger partial charge in [-0.05, 0) is 13.0 Å². The van der Waals surface area contributed by atoms with E-state index in [1.807, 2.05) is 6.92 Å². The molecule has 0 saturated carbocycles. The van der Waals surface area contributed by atoms with Crippen LogP contribution in [0.4, 0.5) is 8.78 Å². The minimum absolute atomic E-state index is 0. The second-order valence-electron chi connectivity index (χ2n) is 6.48. The monoisotopic (exact) mass is 429 g/mol. The Bertz CT molecular complexity index is 733. The van der Waals surface area contributed by atoms with Crippen molar-refractivity contribution in [1.82, 2.24) is 14.8 Å². The lowest BCUT2D eigenvalue weighted by molar-refractivity contribution is -0.658. The van der Waals surface area contributed by atoms with Crippen molar-refractivity contribution in [3.05, 3.63) is 60.2 Å². The van der Waals surface area contributed by atoms with Gasteiger partial charge in [-0.2, -0.15) is 5.10 Å². The number of quaternary nitrogens is 1. The predicted octanol–water partition coefficient (Wildman–Crippen LogP) is 2.35. The molecule has 0 aliphatic carbocycles. The molecule has 0 radical (unpaired) electrons. The molecule has 3 heterocycles. The van der Waals surface area contributed by atoms with E-state index in [0.29, 0.717) is 12.1 Å². The lowest BCUT2D eigenvalue weighted by atomic mass is 9.95. The Labute approximate surface area is 162 Å². The highest BCUT2D eigenvalue weighted by atomic mass is 79.9. The Hall–Kier alpha value is -1.64. The van der Waals surface area contributed by atoms with E-state index in [4.69, 9.17) is 4.74 Å². The maximum absolute atomic E-state index is 13.8. The van der Waals surface area contributed by atoms with Crippen LogP contribution >= 0.6 is 17.0 Å². The molecule has 0 amide bonds. The normalized spacial score (nSPS) is 24.3. The van der Waals surface area contributed by atoms with Crippen LogP contribution in [0.15, 0.2) is 43.0 Å². The standard InChI is InChI=1S/C12H11F2N3O.C6H11N.BrH/c1-8-12(18-8,5-17-7-15-6-16-17)10-3-2-9(13)4-11(10)14;1-6-2-4-7-5-3-6;/h2-4,6-8H,5H2,1H3;7H,1-5H2;1H/p+1/t8-,12-;;/m1../s1. The molecule has 5 nitrogen and oxygen atoms in total. The second-order valence-corrected chi connectivity index (χ2v) is 6.48. The molecule has 8 heteroatoms. The van der Waals surface area contributed by atoms with E-state index in [1.165, 1.54) is 56.3 Å². The van der Waals surface area contributed by atoms with Crippen LogP contribution in [0.25, 0.3) is 0 Å². The number of nitrogens with zero attached hydrogens (tertiary/aromatic N) is 3. The molecule has 2 N–H and O–H groups in total. The van der Waals surface area contributed by atoms with Gasteiger partial charge in [0.2, 0.25) is 0 Å². The molecule has 0 bridgehead atoms. The number of piperidine rings is 1. The summed E-state index contributed by atoms with van der Waals surface area (Å²) in [6.45, 7) is 8.62. The van der Waals surface area contributed by atoms with Crippen LogP contribution in [-0.2, 0) is 16.9 Å². The Balaban J connectivity index is 0.000000258. The molecule has 142 valence electrons. The van der Waals surface area contributed by atoms with Gasteiger partial charge < -0.3 is 10.1 Å². The van der Waals surface area contributed by atoms with Gasteiger partial charge >= 0.3 is 0 Å². The fourth-order valence-electron chi connectivity index (χ4n) is 3.08. The third-order valence-electron chi connectivity index (χ3n) is 4.64. The number of rotatable bonds is 3. The summed E-state index contributed by atoms with van der Waals surface area (Å²) in [7, 11) is 0. The zero-order valence-corrected chi connectivity index (χ0v) is 16.4. The molecule has 1 aromatic carbocycles. The number of benzene rings is 1. The van der Waals surface area contributed by atoms with E-state index in [9.17, 15) is 8.78 Å². The number of ether oxygens (including phenoxy) is 1. The van der Waals surface area contributed by atoms with Crippen LogP contribution in [0.2, 0.25) is 0 Å². The fourth-order valence-corrected chi connectivity index (χ4v) is 3.08. The molecular weight excluding hydrogens is 406 g/mol. The number of epoxide rings is 1. The topological polar surface area (TPSA) is 59.9 Å². The number of nitrogens with two attached hydrogens (primary N) is 1. The van der Waals surface area contributed by atoms with E-state index in [2.05, 4.69) is 22.0 Å². The first-order valence-electron chi connectivity index (χ1n) is 8.45. The molecular formula is C18H24BrF2N4O+. The maximum atomic E-state index is 13.8. The number of aromatic nitrogens is 3. The van der Waals surface area contributed by atoms with E-state index < -0.39 is 17.2 Å².